The van der Waals surface area contributed by atoms with Crippen LogP contribution in [-0.2, 0) is 0 Å². The number of hydrogen-bond donors (Lipinski definition) is 2. The molecule has 0 saturated carbocycles. The highest BCUT2D eigenvalue weighted by Gasteiger charge is 2.23. The van der Waals surface area contributed by atoms with E-state index in [4.69, 9.17) is 4.42 Å². The minimum atomic E-state index is -0.240. The van der Waals surface area contributed by atoms with Crippen molar-refractivity contribution in [3.8, 4) is 11.1 Å². The zero-order valence-corrected chi connectivity index (χ0v) is 16.3. The Kier molecular flexibility index (Phi) is 5.48. The maximum Gasteiger partial charge on any atom is 0.288 e. The number of carbonyl (C=O) groups is 1. The van der Waals surface area contributed by atoms with Crippen LogP contribution in [0, 0.1) is 0 Å². The molecule has 0 aliphatic heterocycles. The van der Waals surface area contributed by atoms with E-state index in [1.807, 2.05) is 60.7 Å². The highest BCUT2D eigenvalue weighted by molar-refractivity contribution is 7.98. The molecule has 0 bridgehead atoms. The lowest BCUT2D eigenvalue weighted by molar-refractivity contribution is 0.0907. The lowest BCUT2D eigenvalue weighted by Crippen LogP contribution is -2.29. The number of fused-ring (bicyclic) bond motifs is 1. The molecule has 0 saturated heterocycles. The minimum Gasteiger partial charge on any atom is -0.459 e. The normalized spacial score (nSPS) is 12.2. The monoisotopic (exact) mass is 391 g/mol. The van der Waals surface area contributed by atoms with Crippen molar-refractivity contribution in [2.75, 3.05) is 12.0 Å². The van der Waals surface area contributed by atoms with Crippen molar-refractivity contribution in [2.45, 2.75) is 12.5 Å². The zero-order valence-electron chi connectivity index (χ0n) is 15.5. The van der Waals surface area contributed by atoms with Crippen molar-refractivity contribution in [1.82, 2.24) is 15.3 Å². The topological polar surface area (TPSA) is 70.9 Å². The van der Waals surface area contributed by atoms with Gasteiger partial charge in [0.05, 0.1) is 23.3 Å². The van der Waals surface area contributed by atoms with E-state index in [0.29, 0.717) is 5.76 Å². The fourth-order valence-electron chi connectivity index (χ4n) is 3.20. The molecular weight excluding hydrogens is 370 g/mol. The molecule has 4 aromatic rings. The number of aromatic nitrogens is 2. The predicted octanol–water partition coefficient (Wildman–Crippen LogP) is 5.05. The predicted molar refractivity (Wildman–Crippen MR) is 113 cm³/mol. The molecule has 1 amide bonds. The highest BCUT2D eigenvalue weighted by Crippen LogP contribution is 2.26. The molecule has 0 fully saturated rings. The van der Waals surface area contributed by atoms with Crippen molar-refractivity contribution in [3.63, 3.8) is 0 Å². The van der Waals surface area contributed by atoms with Gasteiger partial charge in [-0.1, -0.05) is 42.5 Å². The van der Waals surface area contributed by atoms with Gasteiger partial charge in [-0.25, -0.2) is 4.98 Å². The van der Waals surface area contributed by atoms with E-state index < -0.39 is 0 Å². The fourth-order valence-corrected chi connectivity index (χ4v) is 3.68. The van der Waals surface area contributed by atoms with Crippen LogP contribution in [-0.4, -0.2) is 27.9 Å². The summed E-state index contributed by atoms with van der Waals surface area (Å²) >= 11 is 1.74. The van der Waals surface area contributed by atoms with Gasteiger partial charge in [-0.15, -0.1) is 0 Å². The molecule has 1 unspecified atom stereocenters. The lowest BCUT2D eigenvalue weighted by atomic mass is 10.1. The SMILES string of the molecule is CSCCC(NC(=O)c1occc1-c1ccccc1)c1nc2ccccc2[nH]1. The Morgan fingerprint density at radius 2 is 1.93 bits per heavy atom. The van der Waals surface area contributed by atoms with Gasteiger partial charge in [0.2, 0.25) is 0 Å². The van der Waals surface area contributed by atoms with Crippen molar-refractivity contribution in [2.24, 2.45) is 0 Å². The van der Waals surface area contributed by atoms with Crippen LogP contribution in [0.15, 0.2) is 71.3 Å². The van der Waals surface area contributed by atoms with Crippen molar-refractivity contribution < 1.29 is 9.21 Å². The molecule has 142 valence electrons. The summed E-state index contributed by atoms with van der Waals surface area (Å²) in [6.45, 7) is 0. The second-order valence-electron chi connectivity index (χ2n) is 6.48. The van der Waals surface area contributed by atoms with E-state index in [9.17, 15) is 4.79 Å². The Balaban J connectivity index is 1.61. The molecule has 6 heteroatoms. The van der Waals surface area contributed by atoms with Crippen molar-refractivity contribution >= 4 is 28.7 Å². The largest absolute Gasteiger partial charge is 0.459 e. The molecule has 28 heavy (non-hydrogen) atoms. The number of amides is 1. The number of H-pyrrole nitrogens is 1. The summed E-state index contributed by atoms with van der Waals surface area (Å²) in [6.07, 6.45) is 4.38. The van der Waals surface area contributed by atoms with E-state index >= 15 is 0 Å². The third-order valence-electron chi connectivity index (χ3n) is 4.61. The Morgan fingerprint density at radius 3 is 2.71 bits per heavy atom. The summed E-state index contributed by atoms with van der Waals surface area (Å²) in [4.78, 5) is 21.0. The molecule has 2 N–H and O–H groups in total. The van der Waals surface area contributed by atoms with Crippen LogP contribution in [0.25, 0.3) is 22.2 Å². The summed E-state index contributed by atoms with van der Waals surface area (Å²) < 4.78 is 5.53. The fraction of sp³-hybridized carbons (Fsp3) is 0.182. The minimum absolute atomic E-state index is 0.221. The van der Waals surface area contributed by atoms with Crippen LogP contribution in [0.1, 0.15) is 28.8 Å². The van der Waals surface area contributed by atoms with E-state index in [1.54, 1.807) is 18.0 Å². The van der Waals surface area contributed by atoms with Crippen LogP contribution in [0.2, 0.25) is 0 Å². The zero-order chi connectivity index (χ0) is 19.3. The first-order valence-electron chi connectivity index (χ1n) is 9.13. The van der Waals surface area contributed by atoms with Gasteiger partial charge >= 0.3 is 0 Å². The first-order chi connectivity index (χ1) is 13.8. The van der Waals surface area contributed by atoms with Gasteiger partial charge in [0.1, 0.15) is 5.82 Å². The van der Waals surface area contributed by atoms with E-state index in [1.165, 1.54) is 0 Å². The third-order valence-corrected chi connectivity index (χ3v) is 5.25. The van der Waals surface area contributed by atoms with Gasteiger partial charge in [-0.05, 0) is 42.2 Å². The highest BCUT2D eigenvalue weighted by atomic mass is 32.2. The van der Waals surface area contributed by atoms with Gasteiger partial charge in [0, 0.05) is 5.56 Å². The number of hydrogen-bond acceptors (Lipinski definition) is 4. The van der Waals surface area contributed by atoms with Gasteiger partial charge in [-0.2, -0.15) is 11.8 Å². The van der Waals surface area contributed by atoms with Crippen LogP contribution in [0.3, 0.4) is 0 Å². The maximum atomic E-state index is 13.0. The number of aromatic amines is 1. The molecule has 5 nitrogen and oxygen atoms in total. The summed E-state index contributed by atoms with van der Waals surface area (Å²) in [6, 6.07) is 19.2. The smallest absolute Gasteiger partial charge is 0.288 e. The standard InChI is InChI=1S/C22H21N3O2S/c1-28-14-12-19(21-23-17-9-5-6-10-18(17)24-21)25-22(26)20-16(11-13-27-20)15-7-3-2-4-8-15/h2-11,13,19H,12,14H2,1H3,(H,23,24)(H,25,26). The molecule has 1 atom stereocenters. The summed E-state index contributed by atoms with van der Waals surface area (Å²) in [5.41, 5.74) is 3.59. The number of rotatable bonds is 7. The Labute approximate surface area is 167 Å². The van der Waals surface area contributed by atoms with Crippen LogP contribution < -0.4 is 5.32 Å². The molecule has 2 aromatic heterocycles. The van der Waals surface area contributed by atoms with Gasteiger partial charge in [0.25, 0.3) is 5.91 Å². The van der Waals surface area contributed by atoms with E-state index in [0.717, 1.165) is 40.2 Å². The second kappa shape index (κ2) is 8.35. The molecule has 0 aliphatic carbocycles. The lowest BCUT2D eigenvalue weighted by Gasteiger charge is -2.16. The molecular formula is C22H21N3O2S. The number of para-hydroxylation sites is 2. The first-order valence-corrected chi connectivity index (χ1v) is 10.5. The number of carbonyl (C=O) groups excluding carboxylic acids is 1. The molecule has 2 aromatic carbocycles. The van der Waals surface area contributed by atoms with Crippen molar-refractivity contribution in [3.05, 3.63) is 78.5 Å². The number of imidazole rings is 1. The van der Waals surface area contributed by atoms with E-state index in [2.05, 4.69) is 21.5 Å². The van der Waals surface area contributed by atoms with Gasteiger partial charge < -0.3 is 14.7 Å². The van der Waals surface area contributed by atoms with Gasteiger partial charge in [0.15, 0.2) is 5.76 Å². The molecule has 0 radical (unpaired) electrons. The quantitative estimate of drug-likeness (QED) is 0.463. The summed E-state index contributed by atoms with van der Waals surface area (Å²) in [5, 5.41) is 3.10. The average molecular weight is 391 g/mol. The number of furan rings is 1. The molecule has 0 spiro atoms. The van der Waals surface area contributed by atoms with Crippen LogP contribution in [0.4, 0.5) is 0 Å². The average Bonchev–Trinajstić information content (AvgIpc) is 3.38. The number of nitrogens with one attached hydrogen (secondary N) is 2. The Bertz CT molecular complexity index is 1040. The molecule has 0 aliphatic rings. The summed E-state index contributed by atoms with van der Waals surface area (Å²) in [7, 11) is 0. The summed E-state index contributed by atoms with van der Waals surface area (Å²) in [5.74, 6) is 1.74. The van der Waals surface area contributed by atoms with Gasteiger partial charge in [-0.3, -0.25) is 4.79 Å². The Morgan fingerprint density at radius 1 is 1.14 bits per heavy atom. The number of benzene rings is 2. The van der Waals surface area contributed by atoms with E-state index in [-0.39, 0.29) is 11.9 Å². The maximum absolute atomic E-state index is 13.0. The molecule has 4 rings (SSSR count). The Hall–Kier alpha value is -2.99. The number of nitrogens with zero attached hydrogens (tertiary/aromatic N) is 1. The third kappa shape index (κ3) is 3.82. The van der Waals surface area contributed by atoms with Crippen LogP contribution in [0.5, 0.6) is 0 Å². The first kappa shape index (κ1) is 18.4. The van der Waals surface area contributed by atoms with Crippen LogP contribution >= 0.6 is 11.8 Å². The van der Waals surface area contributed by atoms with Crippen molar-refractivity contribution in [1.29, 1.82) is 0 Å². The molecule has 2 heterocycles. The second-order valence-corrected chi connectivity index (χ2v) is 7.46. The number of thioether (sulfide) groups is 1.